The van der Waals surface area contributed by atoms with Gasteiger partial charge in [0.15, 0.2) is 5.03 Å². The maximum atomic E-state index is 12.6. The fraction of sp³-hybridized carbons (Fsp3) is 0.0588. The number of halogens is 1. The Kier molecular flexibility index (Phi) is 5.30. The molecule has 0 aliphatic carbocycles. The van der Waals surface area contributed by atoms with Crippen molar-refractivity contribution < 1.29 is 4.92 Å². The van der Waals surface area contributed by atoms with E-state index in [4.69, 9.17) is 0 Å². The van der Waals surface area contributed by atoms with Crippen molar-refractivity contribution in [2.75, 3.05) is 0 Å². The van der Waals surface area contributed by atoms with Gasteiger partial charge in [0.25, 0.3) is 11.2 Å². The maximum Gasteiger partial charge on any atom is 0.287 e. The number of nitro benzene ring substituents is 1. The summed E-state index contributed by atoms with van der Waals surface area (Å²) < 4.78 is 2.45. The number of nitro groups is 1. The minimum absolute atomic E-state index is 0.0337. The van der Waals surface area contributed by atoms with Crippen LogP contribution in [-0.2, 0) is 5.75 Å². The fourth-order valence-corrected chi connectivity index (χ4v) is 3.31. The molecule has 6 nitrogen and oxygen atoms in total. The van der Waals surface area contributed by atoms with E-state index in [1.165, 1.54) is 28.5 Å². The summed E-state index contributed by atoms with van der Waals surface area (Å²) in [4.78, 5) is 27.2. The van der Waals surface area contributed by atoms with Crippen LogP contribution in [0.25, 0.3) is 5.69 Å². The number of rotatable bonds is 5. The van der Waals surface area contributed by atoms with Crippen molar-refractivity contribution >= 4 is 33.4 Å². The van der Waals surface area contributed by atoms with Gasteiger partial charge in [-0.2, -0.15) is 0 Å². The molecule has 1 aromatic heterocycles. The van der Waals surface area contributed by atoms with E-state index in [1.54, 1.807) is 24.5 Å². The van der Waals surface area contributed by atoms with E-state index in [2.05, 4.69) is 20.9 Å². The van der Waals surface area contributed by atoms with E-state index in [-0.39, 0.29) is 11.2 Å². The van der Waals surface area contributed by atoms with Gasteiger partial charge in [-0.3, -0.25) is 19.5 Å². The Morgan fingerprint density at radius 1 is 1.20 bits per heavy atom. The molecule has 0 N–H and O–H groups in total. The zero-order valence-electron chi connectivity index (χ0n) is 12.8. The molecule has 2 aromatic carbocycles. The average molecular weight is 418 g/mol. The Hall–Kier alpha value is -2.45. The zero-order chi connectivity index (χ0) is 17.8. The number of hydrogen-bond acceptors (Lipinski definition) is 5. The van der Waals surface area contributed by atoms with Crippen molar-refractivity contribution in [1.29, 1.82) is 0 Å². The second-order valence-corrected chi connectivity index (χ2v) is 6.98. The molecular formula is C17H12BrN3O3S. The number of non-ortho nitro benzene ring substituents is 1. The molecule has 3 aromatic rings. The molecule has 0 aliphatic rings. The molecule has 0 aliphatic heterocycles. The van der Waals surface area contributed by atoms with Gasteiger partial charge in [0, 0.05) is 40.4 Å². The molecule has 8 heteroatoms. The lowest BCUT2D eigenvalue weighted by Crippen LogP contribution is -2.20. The lowest BCUT2D eigenvalue weighted by Gasteiger charge is -2.07. The minimum atomic E-state index is -0.435. The Balaban J connectivity index is 1.83. The minimum Gasteiger partial charge on any atom is -0.280 e. The van der Waals surface area contributed by atoms with E-state index in [0.717, 1.165) is 15.7 Å². The van der Waals surface area contributed by atoms with Gasteiger partial charge in [-0.15, -0.1) is 0 Å². The molecule has 0 unspecified atom stereocenters. The second-order valence-electron chi connectivity index (χ2n) is 5.10. The number of thioether (sulfide) groups is 1. The predicted molar refractivity (Wildman–Crippen MR) is 100 cm³/mol. The van der Waals surface area contributed by atoms with Gasteiger partial charge in [0.2, 0.25) is 0 Å². The molecule has 0 saturated carbocycles. The topological polar surface area (TPSA) is 78.0 Å². The van der Waals surface area contributed by atoms with Crippen molar-refractivity contribution in [3.8, 4) is 5.69 Å². The Morgan fingerprint density at radius 3 is 2.68 bits per heavy atom. The van der Waals surface area contributed by atoms with Crippen LogP contribution in [0.4, 0.5) is 5.69 Å². The van der Waals surface area contributed by atoms with Crippen molar-refractivity contribution in [3.05, 3.63) is 91.4 Å². The maximum absolute atomic E-state index is 12.6. The Labute approximate surface area is 155 Å². The van der Waals surface area contributed by atoms with E-state index >= 15 is 0 Å². The highest BCUT2D eigenvalue weighted by Crippen LogP contribution is 2.21. The summed E-state index contributed by atoms with van der Waals surface area (Å²) in [5.74, 6) is 0.425. The molecule has 126 valence electrons. The number of hydrogen-bond donors (Lipinski definition) is 0. The van der Waals surface area contributed by atoms with Gasteiger partial charge in [0.05, 0.1) is 4.92 Å². The Bertz CT molecular complexity index is 973. The first-order valence-electron chi connectivity index (χ1n) is 7.24. The molecule has 25 heavy (non-hydrogen) atoms. The summed E-state index contributed by atoms with van der Waals surface area (Å²) >= 11 is 4.62. The third-order valence-corrected chi connectivity index (χ3v) is 4.97. The lowest BCUT2D eigenvalue weighted by atomic mass is 10.2. The van der Waals surface area contributed by atoms with Gasteiger partial charge >= 0.3 is 0 Å². The third kappa shape index (κ3) is 4.15. The van der Waals surface area contributed by atoms with Gasteiger partial charge in [-0.25, -0.2) is 4.98 Å². The van der Waals surface area contributed by atoms with Crippen molar-refractivity contribution in [1.82, 2.24) is 9.55 Å². The van der Waals surface area contributed by atoms with Gasteiger partial charge in [0.1, 0.15) is 0 Å². The standard InChI is InChI=1S/C17H12BrN3O3S/c18-13-4-6-14(7-5-13)20-9-8-19-16(17(20)22)25-11-12-2-1-3-15(10-12)21(23)24/h1-10H,11H2. The van der Waals surface area contributed by atoms with Crippen LogP contribution < -0.4 is 5.56 Å². The highest BCUT2D eigenvalue weighted by molar-refractivity contribution is 9.10. The van der Waals surface area contributed by atoms with Gasteiger partial charge in [-0.05, 0) is 29.8 Å². The summed E-state index contributed by atoms with van der Waals surface area (Å²) in [6.07, 6.45) is 3.18. The number of aromatic nitrogens is 2. The van der Waals surface area contributed by atoms with Crippen molar-refractivity contribution in [2.24, 2.45) is 0 Å². The molecule has 3 rings (SSSR count). The molecule has 0 saturated heterocycles. The third-order valence-electron chi connectivity index (χ3n) is 3.41. The largest absolute Gasteiger partial charge is 0.287 e. The number of benzene rings is 2. The summed E-state index contributed by atoms with van der Waals surface area (Å²) in [5, 5.41) is 11.2. The smallest absolute Gasteiger partial charge is 0.280 e. The highest BCUT2D eigenvalue weighted by atomic mass is 79.9. The first-order chi connectivity index (χ1) is 12.0. The SMILES string of the molecule is O=c1c(SCc2cccc([N+](=O)[O-])c2)nccn1-c1ccc(Br)cc1. The molecule has 0 fully saturated rings. The first kappa shape index (κ1) is 17.4. The fourth-order valence-electron chi connectivity index (χ4n) is 2.21. The Morgan fingerprint density at radius 2 is 1.96 bits per heavy atom. The van der Waals surface area contributed by atoms with Crippen LogP contribution in [0.5, 0.6) is 0 Å². The van der Waals surface area contributed by atoms with Crippen LogP contribution in [0.15, 0.2) is 75.2 Å². The second kappa shape index (κ2) is 7.62. The quantitative estimate of drug-likeness (QED) is 0.353. The van der Waals surface area contributed by atoms with E-state index in [0.29, 0.717) is 10.8 Å². The average Bonchev–Trinajstić information content (AvgIpc) is 2.62. The molecule has 1 heterocycles. The van der Waals surface area contributed by atoms with Gasteiger partial charge in [-0.1, -0.05) is 39.8 Å². The van der Waals surface area contributed by atoms with Crippen LogP contribution in [-0.4, -0.2) is 14.5 Å². The highest BCUT2D eigenvalue weighted by Gasteiger charge is 2.10. The summed E-state index contributed by atoms with van der Waals surface area (Å²) in [5.41, 5.74) is 1.32. The lowest BCUT2D eigenvalue weighted by molar-refractivity contribution is -0.384. The molecule has 0 spiro atoms. The summed E-state index contributed by atoms with van der Waals surface area (Å²) in [7, 11) is 0. The van der Waals surface area contributed by atoms with Crippen LogP contribution >= 0.6 is 27.7 Å². The van der Waals surface area contributed by atoms with Crippen LogP contribution in [0.2, 0.25) is 0 Å². The predicted octanol–water partition coefficient (Wildman–Crippen LogP) is 4.20. The van der Waals surface area contributed by atoms with E-state index in [9.17, 15) is 14.9 Å². The normalized spacial score (nSPS) is 10.6. The summed E-state index contributed by atoms with van der Waals surface area (Å²) in [6.45, 7) is 0. The molecule has 0 bridgehead atoms. The molecule has 0 atom stereocenters. The van der Waals surface area contributed by atoms with Crippen molar-refractivity contribution in [2.45, 2.75) is 10.8 Å². The molecule has 0 amide bonds. The monoisotopic (exact) mass is 417 g/mol. The zero-order valence-corrected chi connectivity index (χ0v) is 15.2. The van der Waals surface area contributed by atoms with Crippen LogP contribution in [0.1, 0.15) is 5.56 Å². The van der Waals surface area contributed by atoms with Crippen molar-refractivity contribution in [3.63, 3.8) is 0 Å². The number of nitrogens with zero attached hydrogens (tertiary/aromatic N) is 3. The first-order valence-corrected chi connectivity index (χ1v) is 9.02. The van der Waals surface area contributed by atoms with Crippen LogP contribution in [0, 0.1) is 10.1 Å². The summed E-state index contributed by atoms with van der Waals surface area (Å²) in [6, 6.07) is 13.7. The molecular weight excluding hydrogens is 406 g/mol. The van der Waals surface area contributed by atoms with Crippen LogP contribution in [0.3, 0.4) is 0 Å². The molecule has 0 radical (unpaired) electrons. The van der Waals surface area contributed by atoms with Gasteiger partial charge < -0.3 is 0 Å². The van der Waals surface area contributed by atoms with E-state index in [1.807, 2.05) is 24.3 Å². The van der Waals surface area contributed by atoms with E-state index < -0.39 is 4.92 Å².